The second-order valence-electron chi connectivity index (χ2n) is 6.65. The number of carbonyl (C=O) groups excluding carboxylic acids is 1. The van der Waals surface area contributed by atoms with Crippen LogP contribution in [0.15, 0.2) is 42.5 Å². The van der Waals surface area contributed by atoms with Gasteiger partial charge in [-0.05, 0) is 35.9 Å². The van der Waals surface area contributed by atoms with E-state index >= 15 is 0 Å². The van der Waals surface area contributed by atoms with Crippen molar-refractivity contribution >= 4 is 5.91 Å². The van der Waals surface area contributed by atoms with Crippen molar-refractivity contribution in [1.29, 1.82) is 0 Å². The van der Waals surface area contributed by atoms with Crippen LogP contribution in [0.4, 0.5) is 4.39 Å². The molecule has 5 unspecified atom stereocenters. The van der Waals surface area contributed by atoms with E-state index in [-0.39, 0.29) is 23.0 Å². The molecule has 0 spiro atoms. The Morgan fingerprint density at radius 3 is 2.59 bits per heavy atom. The van der Waals surface area contributed by atoms with Gasteiger partial charge in [-0.3, -0.25) is 4.79 Å². The number of halogens is 1. The van der Waals surface area contributed by atoms with E-state index in [0.29, 0.717) is 5.56 Å². The Morgan fingerprint density at radius 2 is 1.90 bits per heavy atom. The first-order valence-electron chi connectivity index (χ1n) is 8.95. The van der Waals surface area contributed by atoms with Crippen LogP contribution in [0, 0.1) is 5.82 Å². The van der Waals surface area contributed by atoms with E-state index in [9.17, 15) is 29.6 Å². The number of rotatable bonds is 5. The van der Waals surface area contributed by atoms with E-state index in [1.165, 1.54) is 25.2 Å². The van der Waals surface area contributed by atoms with Crippen LogP contribution in [0.2, 0.25) is 0 Å². The van der Waals surface area contributed by atoms with Gasteiger partial charge in [0.15, 0.2) is 11.6 Å². The van der Waals surface area contributed by atoms with E-state index in [0.717, 1.165) is 6.07 Å². The van der Waals surface area contributed by atoms with Crippen LogP contribution in [-0.2, 0) is 4.74 Å². The van der Waals surface area contributed by atoms with Crippen molar-refractivity contribution in [2.45, 2.75) is 30.5 Å². The Balaban J connectivity index is 1.88. The van der Waals surface area contributed by atoms with Crippen molar-refractivity contribution in [1.82, 2.24) is 5.32 Å². The molecule has 1 amide bonds. The number of benzene rings is 2. The molecule has 5 atom stereocenters. The molecule has 0 bridgehead atoms. The van der Waals surface area contributed by atoms with Gasteiger partial charge < -0.3 is 35.2 Å². The van der Waals surface area contributed by atoms with Crippen LogP contribution in [-0.4, -0.2) is 64.4 Å². The molecule has 156 valence electrons. The average molecular weight is 407 g/mol. The molecule has 3 rings (SSSR count). The summed E-state index contributed by atoms with van der Waals surface area (Å²) in [6.07, 6.45) is -6.75. The second-order valence-corrected chi connectivity index (χ2v) is 6.65. The normalized spacial score (nSPS) is 26.8. The molecule has 0 aromatic heterocycles. The summed E-state index contributed by atoms with van der Waals surface area (Å²) in [7, 11) is 1.49. The minimum absolute atomic E-state index is 0.187. The third-order valence-electron chi connectivity index (χ3n) is 4.73. The van der Waals surface area contributed by atoms with E-state index in [2.05, 4.69) is 5.32 Å². The Kier molecular flexibility index (Phi) is 6.46. The van der Waals surface area contributed by atoms with Gasteiger partial charge in [-0.2, -0.15) is 0 Å². The first-order chi connectivity index (χ1) is 13.8. The largest absolute Gasteiger partial charge is 0.454 e. The van der Waals surface area contributed by atoms with E-state index in [4.69, 9.17) is 9.47 Å². The molecule has 2 aromatic carbocycles. The van der Waals surface area contributed by atoms with Crippen LogP contribution < -0.4 is 10.1 Å². The lowest BCUT2D eigenvalue weighted by molar-refractivity contribution is -0.231. The molecule has 1 fully saturated rings. The summed E-state index contributed by atoms with van der Waals surface area (Å²) >= 11 is 0. The van der Waals surface area contributed by atoms with Crippen molar-refractivity contribution in [2.75, 3.05) is 13.7 Å². The van der Waals surface area contributed by atoms with Gasteiger partial charge in [-0.25, -0.2) is 4.39 Å². The zero-order valence-electron chi connectivity index (χ0n) is 15.5. The van der Waals surface area contributed by atoms with Gasteiger partial charge in [0.25, 0.3) is 5.91 Å². The smallest absolute Gasteiger partial charge is 0.251 e. The molecule has 1 aliphatic rings. The predicted molar refractivity (Wildman–Crippen MR) is 99.0 cm³/mol. The highest BCUT2D eigenvalue weighted by atomic mass is 19.1. The Hall–Kier alpha value is -2.56. The molecule has 0 saturated carbocycles. The lowest BCUT2D eigenvalue weighted by Crippen LogP contribution is -2.55. The monoisotopic (exact) mass is 407 g/mol. The zero-order valence-corrected chi connectivity index (χ0v) is 15.5. The molecule has 8 nitrogen and oxygen atoms in total. The Bertz CT molecular complexity index is 876. The molecular weight excluding hydrogens is 385 g/mol. The molecule has 29 heavy (non-hydrogen) atoms. The lowest BCUT2D eigenvalue weighted by atomic mass is 9.91. The van der Waals surface area contributed by atoms with Crippen molar-refractivity contribution in [3.63, 3.8) is 0 Å². The summed E-state index contributed by atoms with van der Waals surface area (Å²) in [6.45, 7) is -0.571. The molecule has 9 heteroatoms. The summed E-state index contributed by atoms with van der Waals surface area (Å²) in [5.41, 5.74) is 0.608. The third-order valence-corrected chi connectivity index (χ3v) is 4.73. The maximum absolute atomic E-state index is 14.3. The Labute approximate surface area is 166 Å². The minimum atomic E-state index is -1.55. The van der Waals surface area contributed by atoms with E-state index in [1.807, 2.05) is 0 Å². The summed E-state index contributed by atoms with van der Waals surface area (Å²) in [5.74, 6) is -0.987. The fraction of sp³-hybridized carbons (Fsp3) is 0.350. The van der Waals surface area contributed by atoms with Crippen molar-refractivity contribution in [2.24, 2.45) is 0 Å². The average Bonchev–Trinajstić information content (AvgIpc) is 2.73. The van der Waals surface area contributed by atoms with Gasteiger partial charge in [0.05, 0.1) is 6.61 Å². The van der Waals surface area contributed by atoms with Gasteiger partial charge in [0, 0.05) is 12.6 Å². The number of carbonyl (C=O) groups is 1. The minimum Gasteiger partial charge on any atom is -0.454 e. The van der Waals surface area contributed by atoms with Crippen LogP contribution in [0.1, 0.15) is 22.0 Å². The molecule has 0 aliphatic carbocycles. The van der Waals surface area contributed by atoms with Gasteiger partial charge in [-0.15, -0.1) is 0 Å². The maximum atomic E-state index is 14.3. The van der Waals surface area contributed by atoms with E-state index < -0.39 is 42.9 Å². The number of nitrogens with one attached hydrogen (secondary N) is 1. The topological polar surface area (TPSA) is 128 Å². The quantitative estimate of drug-likeness (QED) is 0.488. The number of aliphatic hydroxyl groups excluding tert-OH is 4. The highest BCUT2D eigenvalue weighted by Gasteiger charge is 2.44. The van der Waals surface area contributed by atoms with Gasteiger partial charge in [-0.1, -0.05) is 12.1 Å². The second kappa shape index (κ2) is 8.85. The predicted octanol–water partition coefficient (Wildman–Crippen LogP) is 0.492. The van der Waals surface area contributed by atoms with Gasteiger partial charge in [0.2, 0.25) is 0 Å². The summed E-state index contributed by atoms with van der Waals surface area (Å²) < 4.78 is 25.3. The number of ether oxygens (including phenoxy) is 2. The molecular formula is C20H22FNO7. The van der Waals surface area contributed by atoms with Crippen LogP contribution in [0.3, 0.4) is 0 Å². The van der Waals surface area contributed by atoms with Crippen molar-refractivity contribution in [3.05, 3.63) is 59.4 Å². The summed E-state index contributed by atoms with van der Waals surface area (Å²) in [4.78, 5) is 11.7. The number of amides is 1. The standard InChI is InChI=1S/C20H22FNO7/c1-22-20(27)11-3-2-4-12(7-11)28-14-8-10(5-6-13(14)21)19-18(26)17(25)16(24)15(9-23)29-19/h2-8,15-19,23-26H,9H2,1H3,(H,22,27). The third kappa shape index (κ3) is 4.39. The molecule has 2 aromatic rings. The highest BCUT2D eigenvalue weighted by molar-refractivity contribution is 5.94. The molecule has 1 saturated heterocycles. The first kappa shape index (κ1) is 21.2. The van der Waals surface area contributed by atoms with Crippen molar-refractivity contribution < 1.29 is 39.1 Å². The zero-order chi connectivity index (χ0) is 21.1. The highest BCUT2D eigenvalue weighted by Crippen LogP contribution is 2.35. The maximum Gasteiger partial charge on any atom is 0.251 e. The fourth-order valence-electron chi connectivity index (χ4n) is 3.12. The van der Waals surface area contributed by atoms with Gasteiger partial charge in [0.1, 0.15) is 36.3 Å². The fourth-order valence-corrected chi connectivity index (χ4v) is 3.12. The number of hydrogen-bond donors (Lipinski definition) is 5. The molecule has 1 aliphatic heterocycles. The van der Waals surface area contributed by atoms with Crippen molar-refractivity contribution in [3.8, 4) is 11.5 Å². The molecule has 5 N–H and O–H groups in total. The SMILES string of the molecule is CNC(=O)c1cccc(Oc2cc(C3OC(CO)C(O)C(O)C3O)ccc2F)c1. The summed E-state index contributed by atoms with van der Waals surface area (Å²) in [6, 6.07) is 9.89. The van der Waals surface area contributed by atoms with Crippen LogP contribution in [0.25, 0.3) is 0 Å². The summed E-state index contributed by atoms with van der Waals surface area (Å²) in [5, 5.41) is 41.9. The Morgan fingerprint density at radius 1 is 1.14 bits per heavy atom. The van der Waals surface area contributed by atoms with Crippen LogP contribution in [0.5, 0.6) is 11.5 Å². The number of hydrogen-bond acceptors (Lipinski definition) is 7. The van der Waals surface area contributed by atoms with Crippen LogP contribution >= 0.6 is 0 Å². The number of aliphatic hydroxyl groups is 4. The molecule has 0 radical (unpaired) electrons. The van der Waals surface area contributed by atoms with E-state index in [1.54, 1.807) is 18.2 Å². The first-order valence-corrected chi connectivity index (χ1v) is 8.95. The lowest BCUT2D eigenvalue weighted by Gasteiger charge is -2.40. The molecule has 1 heterocycles. The van der Waals surface area contributed by atoms with Gasteiger partial charge >= 0.3 is 0 Å².